The fourth-order valence-corrected chi connectivity index (χ4v) is 6.60. The van der Waals surface area contributed by atoms with E-state index in [9.17, 15) is 26.4 Å². The summed E-state index contributed by atoms with van der Waals surface area (Å²) in [5.74, 6) is -0.566. The van der Waals surface area contributed by atoms with Crippen LogP contribution in [-0.2, 0) is 14.8 Å². The first-order valence-corrected chi connectivity index (χ1v) is 15.2. The van der Waals surface area contributed by atoms with E-state index in [0.29, 0.717) is 27.2 Å². The van der Waals surface area contributed by atoms with Crippen molar-refractivity contribution < 1.29 is 26.4 Å². The second-order valence-corrected chi connectivity index (χ2v) is 13.2. The van der Waals surface area contributed by atoms with E-state index in [1.807, 2.05) is 25.1 Å². The summed E-state index contributed by atoms with van der Waals surface area (Å²) in [7, 11) is -4.23. The Hall–Kier alpha value is -2.07. The number of likely N-dealkylation sites (tertiary alicyclic amines) is 1. The third-order valence-corrected chi connectivity index (χ3v) is 8.99. The van der Waals surface area contributed by atoms with Gasteiger partial charge in [0.25, 0.3) is 0 Å². The highest BCUT2D eigenvalue weighted by atomic mass is 35.5. The van der Waals surface area contributed by atoms with Crippen LogP contribution in [0.15, 0.2) is 61.2 Å². The molecule has 1 saturated heterocycles. The summed E-state index contributed by atoms with van der Waals surface area (Å²) in [6, 6.07) is 12.8. The first-order chi connectivity index (χ1) is 18.1. The fraction of sp³-hybridized carbons (Fsp3) is 0.464. The monoisotopic (exact) mass is 604 g/mol. The number of hydrogen-bond donors (Lipinski definition) is 0. The van der Waals surface area contributed by atoms with E-state index in [1.165, 1.54) is 0 Å². The molecule has 2 aromatic carbocycles. The molecule has 1 heterocycles. The first kappa shape index (κ1) is 31.5. The molecule has 39 heavy (non-hydrogen) atoms. The number of carbonyl (C=O) groups excluding carboxylic acids is 1. The van der Waals surface area contributed by atoms with Gasteiger partial charge in [0.05, 0.1) is 17.7 Å². The van der Waals surface area contributed by atoms with Crippen LogP contribution in [0.3, 0.4) is 0 Å². The number of halogens is 5. The second kappa shape index (κ2) is 12.2. The van der Waals surface area contributed by atoms with Crippen molar-refractivity contribution >= 4 is 39.1 Å². The first-order valence-electron chi connectivity index (χ1n) is 12.6. The van der Waals surface area contributed by atoms with E-state index < -0.39 is 46.8 Å². The Labute approximate surface area is 238 Å². The number of sulfonamides is 1. The van der Waals surface area contributed by atoms with Gasteiger partial charge in [-0.25, -0.2) is 8.42 Å². The molecule has 3 rings (SSSR count). The van der Waals surface area contributed by atoms with Crippen molar-refractivity contribution in [1.29, 1.82) is 0 Å². The zero-order chi connectivity index (χ0) is 29.2. The van der Waals surface area contributed by atoms with Crippen molar-refractivity contribution in [3.05, 3.63) is 82.4 Å². The van der Waals surface area contributed by atoms with Gasteiger partial charge in [-0.2, -0.15) is 17.5 Å². The average Bonchev–Trinajstić information content (AvgIpc) is 2.83. The van der Waals surface area contributed by atoms with Crippen LogP contribution in [0.25, 0.3) is 0 Å². The lowest BCUT2D eigenvalue weighted by Gasteiger charge is -2.52. The Balaban J connectivity index is 2.23. The molecular weight excluding hydrogens is 572 g/mol. The molecule has 0 radical (unpaired) electrons. The van der Waals surface area contributed by atoms with Crippen LogP contribution in [0.1, 0.15) is 56.2 Å². The van der Waals surface area contributed by atoms with Gasteiger partial charge in [0, 0.05) is 28.5 Å². The molecule has 0 saturated carbocycles. The normalized spacial score (nSPS) is 23.2. The molecule has 1 amide bonds. The van der Waals surface area contributed by atoms with E-state index >= 15 is 0 Å². The largest absolute Gasteiger partial charge is 0.402 e. The maximum Gasteiger partial charge on any atom is 0.402 e. The van der Waals surface area contributed by atoms with E-state index in [2.05, 4.69) is 6.58 Å². The van der Waals surface area contributed by atoms with Crippen LogP contribution in [0.5, 0.6) is 0 Å². The number of carbonyl (C=O) groups is 1. The molecule has 4 unspecified atom stereocenters. The molecule has 11 heteroatoms. The summed E-state index contributed by atoms with van der Waals surface area (Å²) in [6.45, 7) is 5.23. The Morgan fingerprint density at radius 3 is 2.31 bits per heavy atom. The maximum atomic E-state index is 14.3. The van der Waals surface area contributed by atoms with E-state index in [4.69, 9.17) is 23.2 Å². The topological polar surface area (TPSA) is 57.7 Å². The van der Waals surface area contributed by atoms with Gasteiger partial charge in [0.1, 0.15) is 6.54 Å². The molecule has 2 aromatic rings. The number of amides is 1. The molecule has 4 atom stereocenters. The number of allylic oxidation sites excluding steroid dienone is 1. The van der Waals surface area contributed by atoms with Gasteiger partial charge in [-0.05, 0) is 54.7 Å². The third kappa shape index (κ3) is 7.57. The number of nitrogens with zero attached hydrogens (tertiary/aromatic N) is 2. The van der Waals surface area contributed by atoms with E-state index in [-0.39, 0.29) is 18.2 Å². The number of rotatable bonds is 10. The summed E-state index contributed by atoms with van der Waals surface area (Å²) >= 11 is 12.5. The molecule has 214 valence electrons. The van der Waals surface area contributed by atoms with Crippen LogP contribution in [-0.4, -0.2) is 55.1 Å². The van der Waals surface area contributed by atoms with Crippen LogP contribution in [0.2, 0.25) is 10.0 Å². The van der Waals surface area contributed by atoms with Crippen molar-refractivity contribution in [1.82, 2.24) is 9.21 Å². The summed E-state index contributed by atoms with van der Waals surface area (Å²) in [5.41, 5.74) is 0.671. The van der Waals surface area contributed by atoms with Crippen LogP contribution in [0, 0.1) is 5.41 Å². The van der Waals surface area contributed by atoms with Gasteiger partial charge in [0.15, 0.2) is 0 Å². The van der Waals surface area contributed by atoms with E-state index in [1.54, 1.807) is 48.2 Å². The smallest absolute Gasteiger partial charge is 0.330 e. The molecule has 1 fully saturated rings. The molecule has 0 bridgehead atoms. The van der Waals surface area contributed by atoms with Crippen LogP contribution >= 0.6 is 23.2 Å². The van der Waals surface area contributed by atoms with Crippen LogP contribution < -0.4 is 0 Å². The summed E-state index contributed by atoms with van der Waals surface area (Å²) < 4.78 is 65.5. The Kier molecular flexibility index (Phi) is 9.85. The third-order valence-electron chi connectivity index (χ3n) is 7.29. The Morgan fingerprint density at radius 2 is 1.79 bits per heavy atom. The van der Waals surface area contributed by atoms with Gasteiger partial charge in [0.2, 0.25) is 15.9 Å². The molecule has 1 aliphatic rings. The summed E-state index contributed by atoms with van der Waals surface area (Å²) in [5, 5.41) is 1.00. The van der Waals surface area contributed by atoms with E-state index in [0.717, 1.165) is 17.4 Å². The van der Waals surface area contributed by atoms with Gasteiger partial charge in [-0.1, -0.05) is 67.4 Å². The minimum atomic E-state index is -4.75. The lowest BCUT2D eigenvalue weighted by atomic mass is 9.67. The number of alkyl halides is 3. The lowest BCUT2D eigenvalue weighted by molar-refractivity contribution is -0.156. The standard InChI is InChI=1S/C28H33Cl2F3N2O3S/c1-5-14-27(3)16-24(20-8-7-9-22(30)15-20)25(19-10-12-21(29)13-11-19)35(26(27)36)23(6-2)17-34(39(4,37)38)18-28(31,32)33/h5,7-13,15,23-25H,1,6,14,16-18H2,2-4H3. The predicted octanol–water partition coefficient (Wildman–Crippen LogP) is 7.24. The van der Waals surface area contributed by atoms with Gasteiger partial charge >= 0.3 is 6.18 Å². The second-order valence-electron chi connectivity index (χ2n) is 10.4. The average molecular weight is 606 g/mol. The van der Waals surface area contributed by atoms with Crippen molar-refractivity contribution in [2.24, 2.45) is 5.41 Å². The van der Waals surface area contributed by atoms with Crippen molar-refractivity contribution in [2.45, 2.75) is 57.3 Å². The van der Waals surface area contributed by atoms with Gasteiger partial charge in [-0.3, -0.25) is 4.79 Å². The number of benzene rings is 2. The highest BCUT2D eigenvalue weighted by Gasteiger charge is 2.51. The molecule has 1 aliphatic heterocycles. The summed E-state index contributed by atoms with van der Waals surface area (Å²) in [6.07, 6.45) is -1.36. The quantitative estimate of drug-likeness (QED) is 0.269. The predicted molar refractivity (Wildman–Crippen MR) is 149 cm³/mol. The molecule has 0 N–H and O–H groups in total. The van der Waals surface area contributed by atoms with Crippen LogP contribution in [0.4, 0.5) is 13.2 Å². The maximum absolute atomic E-state index is 14.3. The minimum absolute atomic E-state index is 0.228. The number of hydrogen-bond acceptors (Lipinski definition) is 3. The van der Waals surface area contributed by atoms with Gasteiger partial charge < -0.3 is 4.90 Å². The molecule has 0 aromatic heterocycles. The van der Waals surface area contributed by atoms with Gasteiger partial charge in [-0.15, -0.1) is 6.58 Å². The van der Waals surface area contributed by atoms with Crippen molar-refractivity contribution in [3.63, 3.8) is 0 Å². The fourth-order valence-electron chi connectivity index (χ4n) is 5.45. The lowest BCUT2D eigenvalue weighted by Crippen LogP contribution is -2.58. The number of piperidine rings is 1. The highest BCUT2D eigenvalue weighted by Crippen LogP contribution is 2.52. The molecule has 0 spiro atoms. The summed E-state index contributed by atoms with van der Waals surface area (Å²) in [4.78, 5) is 15.9. The van der Waals surface area contributed by atoms with Crippen molar-refractivity contribution in [3.8, 4) is 0 Å². The molecule has 0 aliphatic carbocycles. The minimum Gasteiger partial charge on any atom is -0.330 e. The zero-order valence-electron chi connectivity index (χ0n) is 22.1. The molecular formula is C28H33Cl2F3N2O3S. The SMILES string of the molecule is C=CCC1(C)CC(c2cccc(Cl)c2)C(c2ccc(Cl)cc2)N(C(CC)CN(CC(F)(F)F)S(C)(=O)=O)C1=O. The highest BCUT2D eigenvalue weighted by molar-refractivity contribution is 7.88. The zero-order valence-corrected chi connectivity index (χ0v) is 24.4. The van der Waals surface area contributed by atoms with Crippen molar-refractivity contribution in [2.75, 3.05) is 19.3 Å². The Morgan fingerprint density at radius 1 is 1.15 bits per heavy atom. The molecule has 5 nitrogen and oxygen atoms in total. The Bertz CT molecular complexity index is 1290.